The third-order valence-electron chi connectivity index (χ3n) is 3.42. The lowest BCUT2D eigenvalue weighted by molar-refractivity contribution is -0.127. The number of hydrogen-bond donors (Lipinski definition) is 4. The van der Waals surface area contributed by atoms with Crippen molar-refractivity contribution in [1.82, 2.24) is 0 Å². The number of aromatic carboxylic acids is 1. The van der Waals surface area contributed by atoms with Gasteiger partial charge in [0.05, 0.1) is 11.7 Å². The maximum Gasteiger partial charge on any atom is 0.335 e. The summed E-state index contributed by atoms with van der Waals surface area (Å²) >= 11 is 0. The molecule has 1 unspecified atom stereocenters. The van der Waals surface area contributed by atoms with E-state index in [1.54, 1.807) is 0 Å². The second kappa shape index (κ2) is 6.31. The van der Waals surface area contributed by atoms with Crippen molar-refractivity contribution in [1.29, 1.82) is 0 Å². The van der Waals surface area contributed by atoms with Gasteiger partial charge in [-0.15, -0.1) is 0 Å². The largest absolute Gasteiger partial charge is 0.478 e. The molecular weight excluding hydrogens is 280 g/mol. The average Bonchev–Trinajstić information content (AvgIpc) is 2.72. The third-order valence-corrected chi connectivity index (χ3v) is 3.42. The van der Waals surface area contributed by atoms with E-state index in [0.29, 0.717) is 0 Å². The molecule has 1 aromatic carbocycles. The number of carbonyl (C=O) groups is 2. The van der Waals surface area contributed by atoms with Gasteiger partial charge in [0.2, 0.25) is 0 Å². The molecular formula is C14H16O7. The lowest BCUT2D eigenvalue weighted by Crippen LogP contribution is -2.32. The van der Waals surface area contributed by atoms with Gasteiger partial charge in [0.15, 0.2) is 12.1 Å². The molecule has 0 aromatic heterocycles. The fraction of sp³-hybridized carbons (Fsp3) is 0.429. The number of hydrogen-bond acceptors (Lipinski definition) is 6. The monoisotopic (exact) mass is 296 g/mol. The van der Waals surface area contributed by atoms with Crippen LogP contribution in [0.3, 0.4) is 0 Å². The Bertz CT molecular complexity index is 542. The molecule has 1 fully saturated rings. The first kappa shape index (κ1) is 15.6. The number of rotatable bonds is 5. The summed E-state index contributed by atoms with van der Waals surface area (Å²) in [4.78, 5) is 22.8. The Hall–Kier alpha value is -1.80. The van der Waals surface area contributed by atoms with E-state index in [-0.39, 0.29) is 29.8 Å². The molecule has 4 atom stereocenters. The summed E-state index contributed by atoms with van der Waals surface area (Å²) in [5, 5.41) is 37.0. The molecule has 1 aliphatic heterocycles. The number of Topliss-reactive ketones (excluding diaryl/α,β-unsaturated/α-hetero) is 1. The molecule has 1 saturated heterocycles. The Balaban J connectivity index is 1.96. The van der Waals surface area contributed by atoms with E-state index >= 15 is 0 Å². The minimum absolute atomic E-state index is 0.00421. The van der Waals surface area contributed by atoms with E-state index in [2.05, 4.69) is 0 Å². The van der Waals surface area contributed by atoms with Crippen molar-refractivity contribution in [3.63, 3.8) is 0 Å². The fourth-order valence-corrected chi connectivity index (χ4v) is 2.21. The second-order valence-electron chi connectivity index (χ2n) is 4.89. The summed E-state index contributed by atoms with van der Waals surface area (Å²) in [6.45, 7) is 0. The predicted molar refractivity (Wildman–Crippen MR) is 69.9 cm³/mol. The van der Waals surface area contributed by atoms with Gasteiger partial charge in [0.1, 0.15) is 12.2 Å². The van der Waals surface area contributed by atoms with Gasteiger partial charge < -0.3 is 25.2 Å². The van der Waals surface area contributed by atoms with Gasteiger partial charge in [-0.1, -0.05) is 12.1 Å². The van der Waals surface area contributed by atoms with Crippen molar-refractivity contribution in [3.05, 3.63) is 35.4 Å². The highest BCUT2D eigenvalue weighted by atomic mass is 16.6. The fourth-order valence-electron chi connectivity index (χ4n) is 2.21. The molecule has 0 bridgehead atoms. The molecule has 0 aliphatic carbocycles. The van der Waals surface area contributed by atoms with E-state index in [4.69, 9.17) is 9.84 Å². The molecule has 7 nitrogen and oxygen atoms in total. The molecule has 0 saturated carbocycles. The van der Waals surface area contributed by atoms with E-state index in [9.17, 15) is 24.9 Å². The molecule has 0 radical (unpaired) electrons. The summed E-state index contributed by atoms with van der Waals surface area (Å²) < 4.78 is 4.94. The maximum absolute atomic E-state index is 12.0. The summed E-state index contributed by atoms with van der Waals surface area (Å²) in [6.07, 6.45) is -4.81. The molecule has 4 N–H and O–H groups in total. The minimum Gasteiger partial charge on any atom is -0.478 e. The third kappa shape index (κ3) is 3.45. The molecule has 0 spiro atoms. The smallest absolute Gasteiger partial charge is 0.335 e. The van der Waals surface area contributed by atoms with Crippen LogP contribution in [0.1, 0.15) is 33.6 Å². The van der Waals surface area contributed by atoms with Crippen LogP contribution in [-0.4, -0.2) is 56.8 Å². The molecule has 1 heterocycles. The van der Waals surface area contributed by atoms with Crippen molar-refractivity contribution in [3.8, 4) is 0 Å². The summed E-state index contributed by atoms with van der Waals surface area (Å²) in [6, 6.07) is 5.64. The van der Waals surface area contributed by atoms with Crippen molar-refractivity contribution < 1.29 is 34.8 Å². The Morgan fingerprint density at radius 1 is 1.10 bits per heavy atom. The van der Waals surface area contributed by atoms with Crippen LogP contribution in [0.2, 0.25) is 0 Å². The highest BCUT2D eigenvalue weighted by molar-refractivity contribution is 5.98. The predicted octanol–water partition coefficient (Wildman–Crippen LogP) is -0.213. The standard InChI is InChI=1S/C14H16O7/c15-9(7-2-1-3-8(6-7)13(18)19)4-5-10-11(16)12(17)14(20)21-10/h1-3,6,10-12,14,16-17,20H,4-5H2,(H,18,19)/t10-,11-,12-,14?/m1/s1. The van der Waals surface area contributed by atoms with Crippen molar-refractivity contribution in [2.24, 2.45) is 0 Å². The number of carboxylic acid groups (broad SMARTS) is 1. The highest BCUT2D eigenvalue weighted by Crippen LogP contribution is 2.23. The van der Waals surface area contributed by atoms with Gasteiger partial charge in [-0.05, 0) is 18.6 Å². The lowest BCUT2D eigenvalue weighted by atomic mass is 10.00. The average molecular weight is 296 g/mol. The van der Waals surface area contributed by atoms with Crippen LogP contribution >= 0.6 is 0 Å². The zero-order valence-corrected chi connectivity index (χ0v) is 11.0. The molecule has 0 amide bonds. The zero-order valence-electron chi connectivity index (χ0n) is 11.0. The Kier molecular flexibility index (Phi) is 4.69. The topological polar surface area (TPSA) is 124 Å². The van der Waals surface area contributed by atoms with Crippen LogP contribution in [0.25, 0.3) is 0 Å². The van der Waals surface area contributed by atoms with E-state index < -0.39 is 30.6 Å². The van der Waals surface area contributed by atoms with Gasteiger partial charge >= 0.3 is 5.97 Å². The molecule has 114 valence electrons. The number of ketones is 1. The Labute approximate surface area is 120 Å². The first-order valence-electron chi connectivity index (χ1n) is 6.46. The first-order chi connectivity index (χ1) is 9.90. The van der Waals surface area contributed by atoms with Crippen LogP contribution in [0.15, 0.2) is 24.3 Å². The quantitative estimate of drug-likeness (QED) is 0.554. The number of benzene rings is 1. The van der Waals surface area contributed by atoms with Crippen LogP contribution < -0.4 is 0 Å². The highest BCUT2D eigenvalue weighted by Gasteiger charge is 2.41. The van der Waals surface area contributed by atoms with Gasteiger partial charge in [-0.3, -0.25) is 4.79 Å². The van der Waals surface area contributed by atoms with Crippen LogP contribution in [0.4, 0.5) is 0 Å². The van der Waals surface area contributed by atoms with Gasteiger partial charge in [0.25, 0.3) is 0 Å². The van der Waals surface area contributed by atoms with E-state index in [1.165, 1.54) is 24.3 Å². The SMILES string of the molecule is O=C(O)c1cccc(C(=O)CC[C@H]2OC(O)[C@H](O)[C@@H]2O)c1. The molecule has 1 aliphatic rings. The van der Waals surface area contributed by atoms with E-state index in [1.807, 2.05) is 0 Å². The summed E-state index contributed by atoms with van der Waals surface area (Å²) in [7, 11) is 0. The van der Waals surface area contributed by atoms with Gasteiger partial charge in [-0.2, -0.15) is 0 Å². The number of carbonyl (C=O) groups excluding carboxylic acids is 1. The van der Waals surface area contributed by atoms with E-state index in [0.717, 1.165) is 0 Å². The van der Waals surface area contributed by atoms with Crippen molar-refractivity contribution >= 4 is 11.8 Å². The maximum atomic E-state index is 12.0. The number of aliphatic hydroxyl groups is 3. The molecule has 7 heteroatoms. The number of carboxylic acids is 1. The Morgan fingerprint density at radius 3 is 2.33 bits per heavy atom. The van der Waals surface area contributed by atoms with Crippen LogP contribution in [-0.2, 0) is 4.74 Å². The van der Waals surface area contributed by atoms with Crippen molar-refractivity contribution in [2.45, 2.75) is 37.4 Å². The summed E-state index contributed by atoms with van der Waals surface area (Å²) in [5.41, 5.74) is 0.271. The van der Waals surface area contributed by atoms with Gasteiger partial charge in [0, 0.05) is 12.0 Å². The molecule has 1 aromatic rings. The van der Waals surface area contributed by atoms with Gasteiger partial charge in [-0.25, -0.2) is 4.79 Å². The van der Waals surface area contributed by atoms with Crippen LogP contribution in [0, 0.1) is 0 Å². The number of aliphatic hydroxyl groups excluding tert-OH is 3. The molecule has 2 rings (SSSR count). The normalized spacial score (nSPS) is 28.5. The van der Waals surface area contributed by atoms with Crippen LogP contribution in [0.5, 0.6) is 0 Å². The summed E-state index contributed by atoms with van der Waals surface area (Å²) in [5.74, 6) is -1.42. The second-order valence-corrected chi connectivity index (χ2v) is 4.89. The number of ether oxygens (including phenoxy) is 1. The van der Waals surface area contributed by atoms with Crippen molar-refractivity contribution in [2.75, 3.05) is 0 Å². The lowest BCUT2D eigenvalue weighted by Gasteiger charge is -2.13. The first-order valence-corrected chi connectivity index (χ1v) is 6.46. The minimum atomic E-state index is -1.46. The Morgan fingerprint density at radius 2 is 1.76 bits per heavy atom. The zero-order chi connectivity index (χ0) is 15.6. The molecule has 21 heavy (non-hydrogen) atoms.